The normalized spacial score (nSPS) is 11.1. The number of carbonyl (C=O) groups excluding carboxylic acids is 1. The highest BCUT2D eigenvalue weighted by Crippen LogP contribution is 2.17. The molecular weight excluding hydrogens is 382 g/mol. The maximum absolute atomic E-state index is 12.4. The Morgan fingerprint density at radius 3 is 2.61 bits per heavy atom. The van der Waals surface area contributed by atoms with Gasteiger partial charge in [0.25, 0.3) is 5.56 Å². The molecule has 0 saturated carbocycles. The Morgan fingerprint density at radius 2 is 1.89 bits per heavy atom. The molecule has 0 N–H and O–H groups in total. The molecule has 28 heavy (non-hydrogen) atoms. The summed E-state index contributed by atoms with van der Waals surface area (Å²) < 4.78 is 4.09. The van der Waals surface area contributed by atoms with Crippen LogP contribution in [0.15, 0.2) is 40.2 Å². The number of rotatable bonds is 6. The number of benzene rings is 1. The van der Waals surface area contributed by atoms with Crippen molar-refractivity contribution in [3.05, 3.63) is 62.0 Å². The van der Waals surface area contributed by atoms with Crippen molar-refractivity contribution in [2.24, 2.45) is 14.1 Å². The second kappa shape index (κ2) is 8.02. The van der Waals surface area contributed by atoms with Crippen LogP contribution in [0.4, 0.5) is 0 Å². The third-order valence-corrected chi connectivity index (χ3v) is 5.17. The van der Waals surface area contributed by atoms with Gasteiger partial charge in [0.05, 0.1) is 6.33 Å². The summed E-state index contributed by atoms with van der Waals surface area (Å²) in [4.78, 5) is 42.6. The Morgan fingerprint density at radius 1 is 1.18 bits per heavy atom. The molecule has 2 heterocycles. The number of nitrogens with zero attached hydrogens (tertiary/aromatic N) is 5. The van der Waals surface area contributed by atoms with Crippen LogP contribution in [-0.4, -0.2) is 36.5 Å². The maximum Gasteiger partial charge on any atom is 0.332 e. The van der Waals surface area contributed by atoms with E-state index in [1.54, 1.807) is 29.6 Å². The van der Waals surface area contributed by atoms with Crippen molar-refractivity contribution >= 4 is 28.7 Å². The lowest BCUT2D eigenvalue weighted by Gasteiger charge is -2.18. The van der Waals surface area contributed by atoms with Crippen molar-refractivity contribution in [1.82, 2.24) is 23.6 Å². The smallest absolute Gasteiger partial charge is 0.332 e. The second-order valence-corrected chi connectivity index (χ2v) is 7.17. The van der Waals surface area contributed by atoms with Crippen LogP contribution in [0.3, 0.4) is 0 Å². The fourth-order valence-corrected chi connectivity index (χ4v) is 3.32. The van der Waals surface area contributed by atoms with Crippen LogP contribution in [0.5, 0.6) is 0 Å². The number of aryl methyl sites for hydroxylation is 2. The third-order valence-electron chi connectivity index (χ3n) is 4.80. The highest BCUT2D eigenvalue weighted by atomic mass is 35.5. The van der Waals surface area contributed by atoms with Crippen molar-refractivity contribution in [2.45, 2.75) is 25.9 Å². The van der Waals surface area contributed by atoms with Crippen molar-refractivity contribution in [1.29, 1.82) is 0 Å². The lowest BCUT2D eigenvalue weighted by Crippen LogP contribution is -2.37. The summed E-state index contributed by atoms with van der Waals surface area (Å²) in [7, 11) is 4.76. The molecule has 0 aliphatic carbocycles. The molecule has 3 rings (SSSR count). The summed E-state index contributed by atoms with van der Waals surface area (Å²) in [6.45, 7) is 0.894. The zero-order chi connectivity index (χ0) is 20.4. The number of halogens is 1. The van der Waals surface area contributed by atoms with E-state index in [0.717, 1.165) is 10.1 Å². The first-order valence-corrected chi connectivity index (χ1v) is 9.27. The van der Waals surface area contributed by atoms with Gasteiger partial charge in [-0.2, -0.15) is 0 Å². The van der Waals surface area contributed by atoms with Crippen LogP contribution in [-0.2, 0) is 32.0 Å². The van der Waals surface area contributed by atoms with Gasteiger partial charge in [0.15, 0.2) is 11.2 Å². The number of hydrogen-bond donors (Lipinski definition) is 0. The number of fused-ring (bicyclic) bond motifs is 1. The van der Waals surface area contributed by atoms with Crippen LogP contribution >= 0.6 is 11.6 Å². The third kappa shape index (κ3) is 3.73. The molecule has 3 aromatic rings. The Labute approximate surface area is 166 Å². The van der Waals surface area contributed by atoms with Crippen LogP contribution in [0.25, 0.3) is 11.2 Å². The molecule has 0 atom stereocenters. The molecule has 0 saturated heterocycles. The van der Waals surface area contributed by atoms with E-state index in [0.29, 0.717) is 42.1 Å². The minimum Gasteiger partial charge on any atom is -0.341 e. The summed E-state index contributed by atoms with van der Waals surface area (Å²) in [5.74, 6) is -0.00959. The van der Waals surface area contributed by atoms with Gasteiger partial charge in [0.2, 0.25) is 5.91 Å². The quantitative estimate of drug-likeness (QED) is 0.625. The van der Waals surface area contributed by atoms with Gasteiger partial charge < -0.3 is 9.47 Å². The topological polar surface area (TPSA) is 82.1 Å². The zero-order valence-corrected chi connectivity index (χ0v) is 16.8. The van der Waals surface area contributed by atoms with E-state index in [2.05, 4.69) is 4.98 Å². The number of aromatic nitrogens is 4. The Balaban J connectivity index is 1.67. The van der Waals surface area contributed by atoms with Gasteiger partial charge in [-0.05, 0) is 18.1 Å². The van der Waals surface area contributed by atoms with Gasteiger partial charge in [0, 0.05) is 45.7 Å². The molecule has 0 aliphatic rings. The lowest BCUT2D eigenvalue weighted by atomic mass is 10.2. The number of imidazole rings is 1. The van der Waals surface area contributed by atoms with E-state index in [1.165, 1.54) is 17.9 Å². The Hall–Kier alpha value is -2.87. The molecule has 0 aliphatic heterocycles. The molecule has 0 bridgehead atoms. The summed E-state index contributed by atoms with van der Waals surface area (Å²) >= 11 is 6.15. The first-order chi connectivity index (χ1) is 13.3. The molecule has 0 unspecified atom stereocenters. The fraction of sp³-hybridized carbons (Fsp3) is 0.368. The molecule has 148 valence electrons. The molecule has 9 heteroatoms. The second-order valence-electron chi connectivity index (χ2n) is 6.76. The summed E-state index contributed by atoms with van der Waals surface area (Å²) in [6.07, 6.45) is 2.40. The number of amides is 1. The summed E-state index contributed by atoms with van der Waals surface area (Å²) in [6, 6.07) is 7.43. The molecular formula is C19H22ClN5O3. The van der Waals surface area contributed by atoms with Crippen molar-refractivity contribution in [3.63, 3.8) is 0 Å². The zero-order valence-electron chi connectivity index (χ0n) is 16.1. The minimum atomic E-state index is -0.417. The van der Waals surface area contributed by atoms with Gasteiger partial charge in [0.1, 0.15) is 0 Å². The molecule has 1 amide bonds. The van der Waals surface area contributed by atoms with Gasteiger partial charge in [-0.25, -0.2) is 9.78 Å². The van der Waals surface area contributed by atoms with Gasteiger partial charge >= 0.3 is 5.69 Å². The molecule has 8 nitrogen and oxygen atoms in total. The predicted octanol–water partition coefficient (Wildman–Crippen LogP) is 1.53. The van der Waals surface area contributed by atoms with E-state index in [1.807, 2.05) is 18.2 Å². The van der Waals surface area contributed by atoms with Crippen LogP contribution in [0, 0.1) is 0 Å². The molecule has 1 aromatic carbocycles. The highest BCUT2D eigenvalue weighted by molar-refractivity contribution is 6.31. The fourth-order valence-electron chi connectivity index (χ4n) is 3.13. The molecule has 0 fully saturated rings. The maximum atomic E-state index is 12.4. The first kappa shape index (κ1) is 19.9. The van der Waals surface area contributed by atoms with Gasteiger partial charge in [-0.1, -0.05) is 29.8 Å². The summed E-state index contributed by atoms with van der Waals surface area (Å²) in [5, 5.41) is 0.633. The average molecular weight is 404 g/mol. The van der Waals surface area contributed by atoms with Gasteiger partial charge in [-0.15, -0.1) is 0 Å². The van der Waals surface area contributed by atoms with E-state index in [-0.39, 0.29) is 5.91 Å². The summed E-state index contributed by atoms with van der Waals surface area (Å²) in [5.41, 5.74) is 0.790. The van der Waals surface area contributed by atoms with E-state index in [4.69, 9.17) is 11.6 Å². The molecule has 0 radical (unpaired) electrons. The average Bonchev–Trinajstić information content (AvgIpc) is 3.10. The Kier molecular flexibility index (Phi) is 5.69. The monoisotopic (exact) mass is 403 g/mol. The largest absolute Gasteiger partial charge is 0.341 e. The SMILES string of the molecule is CN(Cc1ccccc1Cl)C(=O)CCCn1cnc2c1c(=O)n(C)c(=O)n2C. The number of carbonyl (C=O) groups is 1. The first-order valence-electron chi connectivity index (χ1n) is 8.89. The molecule has 0 spiro atoms. The number of hydrogen-bond acceptors (Lipinski definition) is 4. The lowest BCUT2D eigenvalue weighted by molar-refractivity contribution is -0.130. The predicted molar refractivity (Wildman–Crippen MR) is 107 cm³/mol. The van der Waals surface area contributed by atoms with Crippen LogP contribution in [0.1, 0.15) is 18.4 Å². The van der Waals surface area contributed by atoms with Crippen molar-refractivity contribution in [2.75, 3.05) is 7.05 Å². The molecule has 2 aromatic heterocycles. The highest BCUT2D eigenvalue weighted by Gasteiger charge is 2.15. The van der Waals surface area contributed by atoms with Crippen molar-refractivity contribution < 1.29 is 4.79 Å². The van der Waals surface area contributed by atoms with E-state index in [9.17, 15) is 14.4 Å². The van der Waals surface area contributed by atoms with Crippen molar-refractivity contribution in [3.8, 4) is 0 Å². The van der Waals surface area contributed by atoms with Crippen LogP contribution < -0.4 is 11.2 Å². The van der Waals surface area contributed by atoms with E-state index >= 15 is 0 Å². The van der Waals surface area contributed by atoms with E-state index < -0.39 is 11.2 Å². The standard InChI is InChI=1S/C19H22ClN5O3/c1-22(11-13-7-4-5-8-14(13)20)15(26)9-6-10-25-12-21-17-16(25)18(27)24(3)19(28)23(17)2/h4-5,7-8,12H,6,9-11H2,1-3H3. The van der Waals surface area contributed by atoms with Gasteiger partial charge in [-0.3, -0.25) is 18.7 Å². The Bertz CT molecular complexity index is 1140. The minimum absolute atomic E-state index is 0.00959. The van der Waals surface area contributed by atoms with Crippen LogP contribution in [0.2, 0.25) is 5.02 Å².